The summed E-state index contributed by atoms with van der Waals surface area (Å²) in [5.74, 6) is 0.517. The Hall–Kier alpha value is -1.66. The largest absolute Gasteiger partial charge is 0.383 e. The quantitative estimate of drug-likeness (QED) is 0.428. The van der Waals surface area contributed by atoms with E-state index in [4.69, 9.17) is 9.47 Å². The van der Waals surface area contributed by atoms with Crippen molar-refractivity contribution in [2.75, 3.05) is 32.2 Å². The van der Waals surface area contributed by atoms with Crippen molar-refractivity contribution in [3.05, 3.63) is 33.9 Å². The van der Waals surface area contributed by atoms with E-state index in [1.165, 1.54) is 6.07 Å². The summed E-state index contributed by atoms with van der Waals surface area (Å²) in [6, 6.07) is 4.92. The van der Waals surface area contributed by atoms with E-state index in [9.17, 15) is 10.1 Å². The van der Waals surface area contributed by atoms with Crippen molar-refractivity contribution in [2.45, 2.75) is 20.5 Å². The minimum absolute atomic E-state index is 0.0662. The van der Waals surface area contributed by atoms with Gasteiger partial charge in [0.05, 0.1) is 24.7 Å². The summed E-state index contributed by atoms with van der Waals surface area (Å²) in [4.78, 5) is 10.4. The summed E-state index contributed by atoms with van der Waals surface area (Å²) < 4.78 is 10.9. The third-order valence-electron chi connectivity index (χ3n) is 2.62. The van der Waals surface area contributed by atoms with Crippen molar-refractivity contribution < 1.29 is 14.4 Å². The third kappa shape index (κ3) is 5.54. The molecule has 6 heteroatoms. The van der Waals surface area contributed by atoms with Crippen molar-refractivity contribution in [3.8, 4) is 0 Å². The second-order valence-corrected chi connectivity index (χ2v) is 4.88. The fraction of sp³-hybridized carbons (Fsp3) is 0.571. The number of benzene rings is 1. The fourth-order valence-electron chi connectivity index (χ4n) is 1.66. The van der Waals surface area contributed by atoms with Crippen LogP contribution in [0, 0.1) is 16.0 Å². The van der Waals surface area contributed by atoms with Crippen LogP contribution in [0.25, 0.3) is 0 Å². The standard InChI is InChI=1S/C14H22N2O4/c1-11(2)9-19-6-7-20-10-12-4-5-14(16(17)18)13(8-12)15-3/h4-5,8,11,15H,6-7,9-10H2,1-3H3. The van der Waals surface area contributed by atoms with E-state index in [0.717, 1.165) is 12.2 Å². The van der Waals surface area contributed by atoms with Crippen molar-refractivity contribution in [3.63, 3.8) is 0 Å². The Labute approximate surface area is 119 Å². The van der Waals surface area contributed by atoms with Gasteiger partial charge in [-0.1, -0.05) is 13.8 Å². The Bertz CT molecular complexity index is 435. The number of ether oxygens (including phenoxy) is 2. The number of nitro benzene ring substituents is 1. The zero-order chi connectivity index (χ0) is 15.0. The molecule has 1 aromatic rings. The van der Waals surface area contributed by atoms with Gasteiger partial charge in [0.25, 0.3) is 5.69 Å². The molecule has 6 nitrogen and oxygen atoms in total. The molecule has 1 aromatic carbocycles. The smallest absolute Gasteiger partial charge is 0.292 e. The van der Waals surface area contributed by atoms with Crippen molar-refractivity contribution in [1.29, 1.82) is 0 Å². The maximum absolute atomic E-state index is 10.8. The normalized spacial score (nSPS) is 10.8. The first kappa shape index (κ1) is 16.4. The van der Waals surface area contributed by atoms with Gasteiger partial charge < -0.3 is 14.8 Å². The number of anilines is 1. The van der Waals surface area contributed by atoms with E-state index in [0.29, 0.717) is 31.4 Å². The SMILES string of the molecule is CNc1cc(COCCOCC(C)C)ccc1[N+](=O)[O-]. The number of rotatable bonds is 9. The molecule has 0 aliphatic rings. The van der Waals surface area contributed by atoms with Crippen molar-refractivity contribution in [2.24, 2.45) is 5.92 Å². The second kappa shape index (κ2) is 8.50. The number of nitro groups is 1. The molecule has 112 valence electrons. The lowest BCUT2D eigenvalue weighted by Crippen LogP contribution is -2.08. The molecule has 0 fully saturated rings. The maximum atomic E-state index is 10.8. The first-order chi connectivity index (χ1) is 9.54. The molecule has 0 atom stereocenters. The zero-order valence-electron chi connectivity index (χ0n) is 12.2. The van der Waals surface area contributed by atoms with Gasteiger partial charge >= 0.3 is 0 Å². The van der Waals surface area contributed by atoms with Gasteiger partial charge in [0.15, 0.2) is 0 Å². The van der Waals surface area contributed by atoms with Gasteiger partial charge in [-0.05, 0) is 23.6 Å². The minimum atomic E-state index is -0.407. The van der Waals surface area contributed by atoms with Gasteiger partial charge in [0, 0.05) is 19.7 Å². The Balaban J connectivity index is 2.39. The Kier molecular flexibility index (Phi) is 6.97. The number of nitrogens with zero attached hydrogens (tertiary/aromatic N) is 1. The number of hydrogen-bond donors (Lipinski definition) is 1. The Morgan fingerprint density at radius 2 is 2.00 bits per heavy atom. The van der Waals surface area contributed by atoms with Crippen molar-refractivity contribution in [1.82, 2.24) is 0 Å². The summed E-state index contributed by atoms with van der Waals surface area (Å²) >= 11 is 0. The number of nitrogens with one attached hydrogen (secondary N) is 1. The first-order valence-corrected chi connectivity index (χ1v) is 6.65. The summed E-state index contributed by atoms with van der Waals surface area (Å²) in [5.41, 5.74) is 1.45. The van der Waals surface area contributed by atoms with Crippen LogP contribution in [-0.2, 0) is 16.1 Å². The molecule has 1 N–H and O–H groups in total. The maximum Gasteiger partial charge on any atom is 0.292 e. The second-order valence-electron chi connectivity index (χ2n) is 4.88. The summed E-state index contributed by atoms with van der Waals surface area (Å²) in [6.45, 7) is 6.40. The Morgan fingerprint density at radius 1 is 1.30 bits per heavy atom. The van der Waals surface area contributed by atoms with Crippen LogP contribution in [-0.4, -0.2) is 31.8 Å². The molecule has 0 saturated heterocycles. The molecule has 0 aliphatic heterocycles. The molecule has 20 heavy (non-hydrogen) atoms. The zero-order valence-corrected chi connectivity index (χ0v) is 12.2. The first-order valence-electron chi connectivity index (χ1n) is 6.65. The van der Waals surface area contributed by atoms with Crippen LogP contribution in [0.15, 0.2) is 18.2 Å². The van der Waals surface area contributed by atoms with E-state index >= 15 is 0 Å². The van der Waals surface area contributed by atoms with Gasteiger partial charge in [-0.3, -0.25) is 10.1 Å². The minimum Gasteiger partial charge on any atom is -0.383 e. The molecule has 0 aromatic heterocycles. The van der Waals surface area contributed by atoms with E-state index in [2.05, 4.69) is 19.2 Å². The molecule has 0 saturated carbocycles. The van der Waals surface area contributed by atoms with Crippen LogP contribution in [0.4, 0.5) is 11.4 Å². The van der Waals surface area contributed by atoms with E-state index in [1.54, 1.807) is 19.2 Å². The average Bonchev–Trinajstić information content (AvgIpc) is 2.41. The van der Waals surface area contributed by atoms with Crippen LogP contribution in [0.5, 0.6) is 0 Å². The van der Waals surface area contributed by atoms with Gasteiger partial charge in [-0.25, -0.2) is 0 Å². The fourth-order valence-corrected chi connectivity index (χ4v) is 1.66. The lowest BCUT2D eigenvalue weighted by molar-refractivity contribution is -0.384. The van der Waals surface area contributed by atoms with Crippen LogP contribution in [0.1, 0.15) is 19.4 Å². The summed E-state index contributed by atoms with van der Waals surface area (Å²) in [6.07, 6.45) is 0. The van der Waals surface area contributed by atoms with Crippen LogP contribution < -0.4 is 5.32 Å². The highest BCUT2D eigenvalue weighted by Crippen LogP contribution is 2.25. The van der Waals surface area contributed by atoms with Crippen LogP contribution >= 0.6 is 0 Å². The molecule has 0 aliphatic carbocycles. The lowest BCUT2D eigenvalue weighted by atomic mass is 10.2. The van der Waals surface area contributed by atoms with Gasteiger partial charge in [-0.15, -0.1) is 0 Å². The molecule has 0 unspecified atom stereocenters. The average molecular weight is 282 g/mol. The highest BCUT2D eigenvalue weighted by Gasteiger charge is 2.12. The molecule has 1 rings (SSSR count). The summed E-state index contributed by atoms with van der Waals surface area (Å²) in [5, 5.41) is 13.6. The third-order valence-corrected chi connectivity index (χ3v) is 2.62. The van der Waals surface area contributed by atoms with Crippen LogP contribution in [0.2, 0.25) is 0 Å². The highest BCUT2D eigenvalue weighted by molar-refractivity contribution is 5.62. The monoisotopic (exact) mass is 282 g/mol. The molecular formula is C14H22N2O4. The predicted molar refractivity (Wildman–Crippen MR) is 78.0 cm³/mol. The van der Waals surface area contributed by atoms with Gasteiger partial charge in [0.1, 0.15) is 5.69 Å². The molecule has 0 heterocycles. The van der Waals surface area contributed by atoms with E-state index in [-0.39, 0.29) is 5.69 Å². The van der Waals surface area contributed by atoms with Crippen LogP contribution in [0.3, 0.4) is 0 Å². The highest BCUT2D eigenvalue weighted by atomic mass is 16.6. The topological polar surface area (TPSA) is 73.6 Å². The number of hydrogen-bond acceptors (Lipinski definition) is 5. The van der Waals surface area contributed by atoms with E-state index in [1.807, 2.05) is 0 Å². The molecular weight excluding hydrogens is 260 g/mol. The predicted octanol–water partition coefficient (Wildman–Crippen LogP) is 2.83. The molecule has 0 amide bonds. The van der Waals surface area contributed by atoms with Gasteiger partial charge in [0.2, 0.25) is 0 Å². The Morgan fingerprint density at radius 3 is 2.60 bits per heavy atom. The van der Waals surface area contributed by atoms with E-state index < -0.39 is 4.92 Å². The molecule has 0 radical (unpaired) electrons. The van der Waals surface area contributed by atoms with Gasteiger partial charge in [-0.2, -0.15) is 0 Å². The molecule has 0 spiro atoms. The lowest BCUT2D eigenvalue weighted by Gasteiger charge is -2.09. The van der Waals surface area contributed by atoms with Crippen molar-refractivity contribution >= 4 is 11.4 Å². The molecule has 0 bridgehead atoms. The summed E-state index contributed by atoms with van der Waals surface area (Å²) in [7, 11) is 1.66.